The first-order chi connectivity index (χ1) is 7.65. The molecule has 0 aliphatic heterocycles. The van der Waals surface area contributed by atoms with E-state index in [1.807, 2.05) is 33.0 Å². The number of nitrogens with one attached hydrogen (secondary N) is 2. The standard InChI is InChI=1S/C11H20IN3O/c1-4-14-7-8-15(9-16)10(2)5-6-11(12)13-3/h5-6,9,13-14H,4,7-8H2,1-3H3/b10-5+,11-6-. The molecule has 0 aromatic rings. The van der Waals surface area contributed by atoms with Crippen LogP contribution in [0.15, 0.2) is 21.6 Å². The van der Waals surface area contributed by atoms with Crippen molar-refractivity contribution in [3.05, 3.63) is 21.6 Å². The van der Waals surface area contributed by atoms with Gasteiger partial charge in [-0.15, -0.1) is 0 Å². The smallest absolute Gasteiger partial charge is 0.213 e. The lowest BCUT2D eigenvalue weighted by molar-refractivity contribution is -0.116. The van der Waals surface area contributed by atoms with Gasteiger partial charge in [0.05, 0.1) is 3.70 Å². The molecule has 0 aliphatic rings. The van der Waals surface area contributed by atoms with Gasteiger partial charge in [0.2, 0.25) is 6.41 Å². The summed E-state index contributed by atoms with van der Waals surface area (Å²) in [5, 5.41) is 6.20. The fourth-order valence-corrected chi connectivity index (χ4v) is 1.24. The highest BCUT2D eigenvalue weighted by Gasteiger charge is 2.01. The summed E-state index contributed by atoms with van der Waals surface area (Å²) >= 11 is 2.20. The molecular formula is C11H20IN3O. The van der Waals surface area contributed by atoms with E-state index in [2.05, 4.69) is 33.2 Å². The van der Waals surface area contributed by atoms with Crippen LogP contribution in [0.3, 0.4) is 0 Å². The molecule has 0 atom stereocenters. The van der Waals surface area contributed by atoms with Gasteiger partial charge in [0, 0.05) is 25.8 Å². The van der Waals surface area contributed by atoms with E-state index in [9.17, 15) is 4.79 Å². The number of halogens is 1. The van der Waals surface area contributed by atoms with Crippen molar-refractivity contribution in [2.24, 2.45) is 0 Å². The highest BCUT2D eigenvalue weighted by molar-refractivity contribution is 14.1. The number of rotatable bonds is 8. The van der Waals surface area contributed by atoms with Gasteiger partial charge < -0.3 is 15.5 Å². The van der Waals surface area contributed by atoms with Crippen molar-refractivity contribution in [1.82, 2.24) is 15.5 Å². The SMILES string of the molecule is CCNCCN(C=O)/C(C)=C/C=C(/I)NC. The van der Waals surface area contributed by atoms with Crippen LogP contribution in [0, 0.1) is 0 Å². The number of carbonyl (C=O) groups is 1. The Morgan fingerprint density at radius 2 is 2.12 bits per heavy atom. The van der Waals surface area contributed by atoms with Crippen LogP contribution in [0.4, 0.5) is 0 Å². The maximum absolute atomic E-state index is 10.9. The van der Waals surface area contributed by atoms with Gasteiger partial charge in [-0.3, -0.25) is 4.79 Å². The third kappa shape index (κ3) is 6.84. The number of nitrogens with zero attached hydrogens (tertiary/aromatic N) is 1. The first-order valence-electron chi connectivity index (χ1n) is 5.30. The number of hydrogen-bond acceptors (Lipinski definition) is 3. The lowest BCUT2D eigenvalue weighted by atomic mass is 10.3. The predicted octanol–water partition coefficient (Wildman–Crippen LogP) is 1.45. The normalized spacial score (nSPS) is 12.5. The maximum Gasteiger partial charge on any atom is 0.213 e. The van der Waals surface area contributed by atoms with E-state index < -0.39 is 0 Å². The number of carbonyl (C=O) groups excluding carboxylic acids is 1. The zero-order valence-electron chi connectivity index (χ0n) is 10.1. The average Bonchev–Trinajstić information content (AvgIpc) is 2.31. The molecule has 0 heterocycles. The van der Waals surface area contributed by atoms with Crippen molar-refractivity contribution in [2.45, 2.75) is 13.8 Å². The molecule has 16 heavy (non-hydrogen) atoms. The molecule has 0 rings (SSSR count). The second kappa shape index (κ2) is 9.65. The molecule has 0 radical (unpaired) electrons. The molecule has 0 saturated carbocycles. The molecule has 0 fully saturated rings. The molecule has 4 nitrogen and oxygen atoms in total. The summed E-state index contributed by atoms with van der Waals surface area (Å²) in [5.74, 6) is 0. The predicted molar refractivity (Wildman–Crippen MR) is 76.2 cm³/mol. The lowest BCUT2D eigenvalue weighted by Crippen LogP contribution is -2.29. The number of likely N-dealkylation sites (N-methyl/N-ethyl adjacent to an activating group) is 1. The number of allylic oxidation sites excluding steroid dienone is 3. The van der Waals surface area contributed by atoms with Gasteiger partial charge in [-0.25, -0.2) is 0 Å². The van der Waals surface area contributed by atoms with E-state index in [1.165, 1.54) is 0 Å². The quantitative estimate of drug-likeness (QED) is 0.232. The third-order valence-corrected chi connectivity index (χ3v) is 2.97. The Morgan fingerprint density at radius 3 is 2.62 bits per heavy atom. The van der Waals surface area contributed by atoms with Crippen molar-refractivity contribution in [3.63, 3.8) is 0 Å². The molecule has 5 heteroatoms. The van der Waals surface area contributed by atoms with Gasteiger partial charge in [-0.2, -0.15) is 0 Å². The first-order valence-corrected chi connectivity index (χ1v) is 6.38. The fourth-order valence-electron chi connectivity index (χ4n) is 1.06. The molecule has 0 spiro atoms. The van der Waals surface area contributed by atoms with Gasteiger partial charge in [0.1, 0.15) is 0 Å². The fraction of sp³-hybridized carbons (Fsp3) is 0.545. The van der Waals surface area contributed by atoms with Crippen molar-refractivity contribution in [3.8, 4) is 0 Å². The number of hydrogen-bond donors (Lipinski definition) is 2. The van der Waals surface area contributed by atoms with Crippen molar-refractivity contribution in [2.75, 3.05) is 26.7 Å². The van der Waals surface area contributed by atoms with E-state index in [0.717, 1.165) is 28.9 Å². The monoisotopic (exact) mass is 337 g/mol. The molecular weight excluding hydrogens is 317 g/mol. The largest absolute Gasteiger partial charge is 0.383 e. The molecule has 0 aliphatic carbocycles. The van der Waals surface area contributed by atoms with Crippen LogP contribution >= 0.6 is 22.6 Å². The minimum absolute atomic E-state index is 0.698. The first kappa shape index (κ1) is 15.4. The van der Waals surface area contributed by atoms with Crippen LogP contribution in [-0.4, -0.2) is 38.0 Å². The summed E-state index contributed by atoms with van der Waals surface area (Å²) < 4.78 is 1.04. The molecule has 1 amide bonds. The highest BCUT2D eigenvalue weighted by Crippen LogP contribution is 2.04. The van der Waals surface area contributed by atoms with E-state index >= 15 is 0 Å². The zero-order valence-corrected chi connectivity index (χ0v) is 12.2. The Labute approximate surface area is 111 Å². The topological polar surface area (TPSA) is 44.4 Å². The summed E-state index contributed by atoms with van der Waals surface area (Å²) in [6.07, 6.45) is 4.74. The van der Waals surface area contributed by atoms with Gasteiger partial charge in [-0.1, -0.05) is 6.92 Å². The van der Waals surface area contributed by atoms with Crippen LogP contribution in [0.1, 0.15) is 13.8 Å². The van der Waals surface area contributed by atoms with Crippen LogP contribution in [0.25, 0.3) is 0 Å². The number of amides is 1. The molecule has 0 aromatic carbocycles. The van der Waals surface area contributed by atoms with Crippen LogP contribution in [-0.2, 0) is 4.79 Å². The Morgan fingerprint density at radius 1 is 1.44 bits per heavy atom. The Hall–Kier alpha value is -0.560. The van der Waals surface area contributed by atoms with Crippen LogP contribution < -0.4 is 10.6 Å². The summed E-state index contributed by atoms with van der Waals surface area (Å²) in [6.45, 7) is 6.41. The van der Waals surface area contributed by atoms with Gasteiger partial charge in [-0.05, 0) is 48.2 Å². The van der Waals surface area contributed by atoms with Gasteiger partial charge in [0.15, 0.2) is 0 Å². The average molecular weight is 337 g/mol. The molecule has 0 unspecified atom stereocenters. The summed E-state index contributed by atoms with van der Waals surface area (Å²) in [4.78, 5) is 12.6. The van der Waals surface area contributed by atoms with Gasteiger partial charge in [0.25, 0.3) is 0 Å². The molecule has 0 bridgehead atoms. The van der Waals surface area contributed by atoms with Crippen molar-refractivity contribution < 1.29 is 4.79 Å². The van der Waals surface area contributed by atoms with Crippen LogP contribution in [0.2, 0.25) is 0 Å². The Kier molecular flexibility index (Phi) is 9.31. The molecule has 0 saturated heterocycles. The van der Waals surface area contributed by atoms with E-state index in [0.29, 0.717) is 6.54 Å². The second-order valence-corrected chi connectivity index (χ2v) is 4.39. The minimum atomic E-state index is 0.698. The summed E-state index contributed by atoms with van der Waals surface area (Å²) in [7, 11) is 1.87. The molecule has 92 valence electrons. The summed E-state index contributed by atoms with van der Waals surface area (Å²) in [6, 6.07) is 0. The zero-order chi connectivity index (χ0) is 12.4. The Bertz CT molecular complexity index is 264. The van der Waals surface area contributed by atoms with Crippen molar-refractivity contribution in [1.29, 1.82) is 0 Å². The summed E-state index contributed by atoms with van der Waals surface area (Å²) in [5.41, 5.74) is 0.942. The lowest BCUT2D eigenvalue weighted by Gasteiger charge is -2.17. The third-order valence-electron chi connectivity index (χ3n) is 2.07. The van der Waals surface area contributed by atoms with E-state index in [-0.39, 0.29) is 0 Å². The highest BCUT2D eigenvalue weighted by atomic mass is 127. The second-order valence-electron chi connectivity index (χ2n) is 3.23. The molecule has 2 N–H and O–H groups in total. The maximum atomic E-state index is 10.9. The van der Waals surface area contributed by atoms with Crippen LogP contribution in [0.5, 0.6) is 0 Å². The van der Waals surface area contributed by atoms with E-state index in [4.69, 9.17) is 0 Å². The molecule has 0 aromatic heterocycles. The Balaban J connectivity index is 4.29. The van der Waals surface area contributed by atoms with Crippen molar-refractivity contribution >= 4 is 29.0 Å². The van der Waals surface area contributed by atoms with Gasteiger partial charge >= 0.3 is 0 Å². The minimum Gasteiger partial charge on any atom is -0.383 e. The van der Waals surface area contributed by atoms with E-state index in [1.54, 1.807) is 4.90 Å².